The van der Waals surface area contributed by atoms with E-state index >= 15 is 0 Å². The molecule has 0 aromatic rings. The smallest absolute Gasteiger partial charge is 0.157 e. The molecule has 0 amide bonds. The number of hydrogen-bond donors (Lipinski definition) is 1. The third kappa shape index (κ3) is 2.79. The SMILES string of the molecule is CCC1(CC)CSC(=NC2CCCC2OC)N1. The summed E-state index contributed by atoms with van der Waals surface area (Å²) >= 11 is 1.88. The van der Waals surface area contributed by atoms with E-state index < -0.39 is 0 Å². The highest BCUT2D eigenvalue weighted by Crippen LogP contribution is 2.31. The van der Waals surface area contributed by atoms with Gasteiger partial charge in [-0.1, -0.05) is 25.6 Å². The lowest BCUT2D eigenvalue weighted by molar-refractivity contribution is 0.0966. The van der Waals surface area contributed by atoms with Crippen molar-refractivity contribution in [1.29, 1.82) is 0 Å². The van der Waals surface area contributed by atoms with Gasteiger partial charge in [-0.05, 0) is 32.1 Å². The summed E-state index contributed by atoms with van der Waals surface area (Å²) in [6.07, 6.45) is 6.27. The predicted octanol–water partition coefficient (Wildman–Crippen LogP) is 2.81. The Hall–Kier alpha value is -0.220. The predicted molar refractivity (Wildman–Crippen MR) is 74.8 cm³/mol. The fourth-order valence-corrected chi connectivity index (χ4v) is 4.08. The van der Waals surface area contributed by atoms with Crippen molar-refractivity contribution in [1.82, 2.24) is 5.32 Å². The molecule has 2 fully saturated rings. The van der Waals surface area contributed by atoms with Crippen LogP contribution in [-0.4, -0.2) is 35.7 Å². The molecule has 2 aliphatic rings. The fraction of sp³-hybridized carbons (Fsp3) is 0.923. The van der Waals surface area contributed by atoms with Crippen LogP contribution in [0.5, 0.6) is 0 Å². The highest BCUT2D eigenvalue weighted by molar-refractivity contribution is 8.14. The van der Waals surface area contributed by atoms with Gasteiger partial charge in [0.15, 0.2) is 5.17 Å². The maximum atomic E-state index is 5.49. The molecular weight excluding hydrogens is 232 g/mol. The van der Waals surface area contributed by atoms with Crippen LogP contribution >= 0.6 is 11.8 Å². The summed E-state index contributed by atoms with van der Waals surface area (Å²) in [5.41, 5.74) is 0.282. The van der Waals surface area contributed by atoms with Crippen LogP contribution in [0, 0.1) is 0 Å². The lowest BCUT2D eigenvalue weighted by atomic mass is 9.96. The first-order valence-corrected chi connectivity index (χ1v) is 7.73. The van der Waals surface area contributed by atoms with Crippen molar-refractivity contribution in [3.05, 3.63) is 0 Å². The van der Waals surface area contributed by atoms with E-state index in [1.165, 1.54) is 25.7 Å². The Balaban J connectivity index is 2.00. The van der Waals surface area contributed by atoms with Gasteiger partial charge in [-0.15, -0.1) is 0 Å². The van der Waals surface area contributed by atoms with Gasteiger partial charge in [-0.3, -0.25) is 4.99 Å². The molecule has 1 saturated carbocycles. The second-order valence-corrected chi connectivity index (χ2v) is 6.07. The summed E-state index contributed by atoms with van der Waals surface area (Å²) in [5, 5.41) is 4.77. The molecule has 3 nitrogen and oxygen atoms in total. The first-order valence-electron chi connectivity index (χ1n) is 6.74. The maximum Gasteiger partial charge on any atom is 0.157 e. The minimum Gasteiger partial charge on any atom is -0.379 e. The molecule has 2 atom stereocenters. The number of nitrogens with one attached hydrogen (secondary N) is 1. The van der Waals surface area contributed by atoms with Crippen LogP contribution in [0.4, 0.5) is 0 Å². The minimum atomic E-state index is 0.282. The summed E-state index contributed by atoms with van der Waals surface area (Å²) in [5.74, 6) is 1.16. The van der Waals surface area contributed by atoms with Gasteiger partial charge >= 0.3 is 0 Å². The van der Waals surface area contributed by atoms with Crippen molar-refractivity contribution < 1.29 is 4.74 Å². The lowest BCUT2D eigenvalue weighted by Gasteiger charge is -2.25. The molecule has 1 N–H and O–H groups in total. The summed E-state index contributed by atoms with van der Waals surface area (Å²) in [6.45, 7) is 4.51. The fourth-order valence-electron chi connectivity index (χ4n) is 2.69. The van der Waals surface area contributed by atoms with Crippen molar-refractivity contribution >= 4 is 16.9 Å². The summed E-state index contributed by atoms with van der Waals surface area (Å²) in [7, 11) is 1.81. The summed E-state index contributed by atoms with van der Waals surface area (Å²) < 4.78 is 5.49. The van der Waals surface area contributed by atoms with E-state index in [9.17, 15) is 0 Å². The molecule has 98 valence electrons. The Morgan fingerprint density at radius 3 is 2.76 bits per heavy atom. The quantitative estimate of drug-likeness (QED) is 0.840. The highest BCUT2D eigenvalue weighted by atomic mass is 32.2. The van der Waals surface area contributed by atoms with Gasteiger partial charge in [-0.25, -0.2) is 0 Å². The van der Waals surface area contributed by atoms with Crippen molar-refractivity contribution in [2.45, 2.75) is 63.6 Å². The first kappa shape index (κ1) is 13.2. The first-order chi connectivity index (χ1) is 8.23. The van der Waals surface area contributed by atoms with E-state index in [1.54, 1.807) is 7.11 Å². The molecule has 4 heteroatoms. The summed E-state index contributed by atoms with van der Waals surface area (Å²) in [6, 6.07) is 0.375. The second-order valence-electron chi connectivity index (χ2n) is 5.11. The molecule has 2 unspecified atom stereocenters. The molecule has 0 aromatic heterocycles. The Labute approximate surface area is 109 Å². The number of amidine groups is 1. The van der Waals surface area contributed by atoms with Gasteiger partial charge in [-0.2, -0.15) is 0 Å². The van der Waals surface area contributed by atoms with Gasteiger partial charge in [0, 0.05) is 18.4 Å². The van der Waals surface area contributed by atoms with E-state index in [2.05, 4.69) is 19.2 Å². The Kier molecular flexibility index (Phi) is 4.36. The van der Waals surface area contributed by atoms with Crippen LogP contribution in [0.1, 0.15) is 46.0 Å². The molecule has 17 heavy (non-hydrogen) atoms. The van der Waals surface area contributed by atoms with Gasteiger partial charge in [0.25, 0.3) is 0 Å². The van der Waals surface area contributed by atoms with Crippen LogP contribution in [0.2, 0.25) is 0 Å². The molecule has 1 saturated heterocycles. The third-order valence-corrected chi connectivity index (χ3v) is 5.39. The standard InChI is InChI=1S/C13H24N2OS/c1-4-13(5-2)9-17-12(15-13)14-10-7-6-8-11(10)16-3/h10-11H,4-9H2,1-3H3,(H,14,15). The van der Waals surface area contributed by atoms with E-state index in [0.29, 0.717) is 12.1 Å². The maximum absolute atomic E-state index is 5.49. The number of nitrogens with zero attached hydrogens (tertiary/aromatic N) is 1. The normalized spacial score (nSPS) is 34.2. The Morgan fingerprint density at radius 2 is 2.18 bits per heavy atom. The molecule has 1 heterocycles. The average molecular weight is 256 g/mol. The second kappa shape index (κ2) is 5.61. The topological polar surface area (TPSA) is 33.6 Å². The van der Waals surface area contributed by atoms with Crippen molar-refractivity contribution in [3.63, 3.8) is 0 Å². The summed E-state index contributed by atoms with van der Waals surface area (Å²) in [4.78, 5) is 4.86. The molecule has 2 rings (SSSR count). The average Bonchev–Trinajstić information content (AvgIpc) is 2.97. The molecule has 1 aliphatic carbocycles. The number of aliphatic imine (C=N–C) groups is 1. The lowest BCUT2D eigenvalue weighted by Crippen LogP contribution is -2.42. The Bertz CT molecular complexity index is 289. The van der Waals surface area contributed by atoms with Gasteiger partial charge in [0.05, 0.1) is 12.1 Å². The van der Waals surface area contributed by atoms with Crippen LogP contribution < -0.4 is 5.32 Å². The highest BCUT2D eigenvalue weighted by Gasteiger charge is 2.35. The van der Waals surface area contributed by atoms with Gasteiger partial charge in [0.2, 0.25) is 0 Å². The number of ether oxygens (including phenoxy) is 1. The van der Waals surface area contributed by atoms with Crippen LogP contribution in [-0.2, 0) is 4.74 Å². The van der Waals surface area contributed by atoms with Crippen molar-refractivity contribution in [3.8, 4) is 0 Å². The zero-order valence-electron chi connectivity index (χ0n) is 11.2. The van der Waals surface area contributed by atoms with E-state index in [1.807, 2.05) is 11.8 Å². The zero-order valence-corrected chi connectivity index (χ0v) is 12.0. The van der Waals surface area contributed by atoms with E-state index in [4.69, 9.17) is 9.73 Å². The van der Waals surface area contributed by atoms with Crippen LogP contribution in [0.25, 0.3) is 0 Å². The minimum absolute atomic E-state index is 0.282. The molecule has 0 aromatic carbocycles. The molecule has 0 bridgehead atoms. The van der Waals surface area contributed by atoms with Crippen LogP contribution in [0.15, 0.2) is 4.99 Å². The van der Waals surface area contributed by atoms with Gasteiger partial charge < -0.3 is 10.1 Å². The zero-order chi connectivity index (χ0) is 12.3. The third-order valence-electron chi connectivity index (χ3n) is 4.21. The Morgan fingerprint density at radius 1 is 1.41 bits per heavy atom. The number of methoxy groups -OCH3 is 1. The van der Waals surface area contributed by atoms with Crippen molar-refractivity contribution in [2.24, 2.45) is 4.99 Å². The molecule has 0 spiro atoms. The number of hydrogen-bond acceptors (Lipinski definition) is 3. The van der Waals surface area contributed by atoms with E-state index in [0.717, 1.165) is 17.3 Å². The van der Waals surface area contributed by atoms with Crippen molar-refractivity contribution in [2.75, 3.05) is 12.9 Å². The largest absolute Gasteiger partial charge is 0.379 e. The number of rotatable bonds is 4. The number of thioether (sulfide) groups is 1. The molecule has 0 radical (unpaired) electrons. The molecular formula is C13H24N2OS. The van der Waals surface area contributed by atoms with Gasteiger partial charge in [0.1, 0.15) is 0 Å². The monoisotopic (exact) mass is 256 g/mol. The molecule has 1 aliphatic heterocycles. The van der Waals surface area contributed by atoms with E-state index in [-0.39, 0.29) is 5.54 Å². The van der Waals surface area contributed by atoms with Crippen LogP contribution in [0.3, 0.4) is 0 Å².